The minimum Gasteiger partial charge on any atom is -0.437 e. The summed E-state index contributed by atoms with van der Waals surface area (Å²) in [6, 6.07) is 15.5. The molecule has 0 radical (unpaired) electrons. The van der Waals surface area contributed by atoms with E-state index in [4.69, 9.17) is 27.9 Å². The van der Waals surface area contributed by atoms with Crippen LogP contribution in [0.25, 0.3) is 5.78 Å². The Hall–Kier alpha value is -3.09. The minimum absolute atomic E-state index is 0.159. The van der Waals surface area contributed by atoms with Crippen molar-refractivity contribution in [2.75, 3.05) is 11.9 Å². The fraction of sp³-hybridized carbons (Fsp3) is 0.0500. The van der Waals surface area contributed by atoms with E-state index in [-0.39, 0.29) is 17.5 Å². The summed E-state index contributed by atoms with van der Waals surface area (Å²) in [5.41, 5.74) is 0.946. The monoisotopic (exact) mass is 412 g/mol. The molecule has 1 amide bonds. The van der Waals surface area contributed by atoms with E-state index in [0.29, 0.717) is 27.3 Å². The van der Waals surface area contributed by atoms with Crippen LogP contribution in [-0.2, 0) is 0 Å². The van der Waals surface area contributed by atoms with E-state index in [2.05, 4.69) is 9.97 Å². The highest BCUT2D eigenvalue weighted by atomic mass is 35.5. The first kappa shape index (κ1) is 18.3. The highest BCUT2D eigenvalue weighted by Crippen LogP contribution is 2.28. The zero-order chi connectivity index (χ0) is 19.7. The van der Waals surface area contributed by atoms with E-state index >= 15 is 0 Å². The van der Waals surface area contributed by atoms with Gasteiger partial charge in [-0.15, -0.1) is 0 Å². The van der Waals surface area contributed by atoms with Gasteiger partial charge in [-0.1, -0.05) is 23.2 Å². The highest BCUT2D eigenvalue weighted by Gasteiger charge is 2.25. The Morgan fingerprint density at radius 1 is 1.04 bits per heavy atom. The predicted octanol–water partition coefficient (Wildman–Crippen LogP) is 5.11. The number of anilines is 1. The summed E-state index contributed by atoms with van der Waals surface area (Å²) in [6.45, 7) is 0. The standard InChI is InChI=1S/C20H14Cl2N4O2/c1-25(15-7-3-13(21)4-8-15)19(27)17-18(24-20-23-11-2-12-26(17)20)28-16-9-5-14(22)6-10-16/h2-12H,1H3. The molecule has 0 N–H and O–H groups in total. The van der Waals surface area contributed by atoms with Crippen LogP contribution in [0.2, 0.25) is 10.0 Å². The van der Waals surface area contributed by atoms with Gasteiger partial charge in [-0.2, -0.15) is 4.98 Å². The molecule has 0 saturated heterocycles. The van der Waals surface area contributed by atoms with Crippen molar-refractivity contribution >= 4 is 40.6 Å². The van der Waals surface area contributed by atoms with Gasteiger partial charge in [-0.3, -0.25) is 9.20 Å². The third-order valence-electron chi connectivity index (χ3n) is 4.12. The summed E-state index contributed by atoms with van der Waals surface area (Å²) in [4.78, 5) is 23.4. The normalized spacial score (nSPS) is 10.8. The fourth-order valence-corrected chi connectivity index (χ4v) is 2.94. The highest BCUT2D eigenvalue weighted by molar-refractivity contribution is 6.30. The summed E-state index contributed by atoms with van der Waals surface area (Å²) in [5.74, 6) is 0.731. The van der Waals surface area contributed by atoms with E-state index in [0.717, 1.165) is 0 Å². The largest absolute Gasteiger partial charge is 0.437 e. The second-order valence-corrected chi connectivity index (χ2v) is 6.82. The Morgan fingerprint density at radius 3 is 2.36 bits per heavy atom. The van der Waals surface area contributed by atoms with Crippen LogP contribution < -0.4 is 9.64 Å². The molecular formula is C20H14Cl2N4O2. The van der Waals surface area contributed by atoms with Gasteiger partial charge in [0.25, 0.3) is 11.8 Å². The number of carbonyl (C=O) groups excluding carboxylic acids is 1. The second kappa shape index (κ2) is 7.50. The van der Waals surface area contributed by atoms with Crippen molar-refractivity contribution in [1.29, 1.82) is 0 Å². The predicted molar refractivity (Wildman–Crippen MR) is 109 cm³/mol. The molecule has 6 nitrogen and oxygen atoms in total. The van der Waals surface area contributed by atoms with E-state index in [9.17, 15) is 4.79 Å². The van der Waals surface area contributed by atoms with Gasteiger partial charge in [0, 0.05) is 35.2 Å². The third kappa shape index (κ3) is 3.52. The molecule has 2 aromatic heterocycles. The molecule has 0 aliphatic rings. The number of carbonyl (C=O) groups is 1. The molecule has 140 valence electrons. The molecule has 0 bridgehead atoms. The number of amides is 1. The number of fused-ring (bicyclic) bond motifs is 1. The first-order valence-electron chi connectivity index (χ1n) is 8.33. The van der Waals surface area contributed by atoms with Crippen molar-refractivity contribution in [1.82, 2.24) is 14.4 Å². The zero-order valence-corrected chi connectivity index (χ0v) is 16.2. The lowest BCUT2D eigenvalue weighted by molar-refractivity contribution is 0.0985. The molecule has 0 fully saturated rings. The van der Waals surface area contributed by atoms with Gasteiger partial charge in [0.2, 0.25) is 5.78 Å². The van der Waals surface area contributed by atoms with Gasteiger partial charge in [-0.25, -0.2) is 4.98 Å². The van der Waals surface area contributed by atoms with Crippen LogP contribution in [0.4, 0.5) is 5.69 Å². The SMILES string of the molecule is CN(C(=O)c1c(Oc2ccc(Cl)cc2)nc2ncccn12)c1ccc(Cl)cc1. The van der Waals surface area contributed by atoms with Crippen LogP contribution in [0.15, 0.2) is 67.0 Å². The molecule has 2 aromatic carbocycles. The van der Waals surface area contributed by atoms with Crippen molar-refractivity contribution < 1.29 is 9.53 Å². The van der Waals surface area contributed by atoms with Crippen LogP contribution >= 0.6 is 23.2 Å². The number of aromatic nitrogens is 3. The van der Waals surface area contributed by atoms with Crippen molar-refractivity contribution in [2.45, 2.75) is 0 Å². The molecule has 4 aromatic rings. The van der Waals surface area contributed by atoms with E-state index in [1.54, 1.807) is 78.4 Å². The van der Waals surface area contributed by atoms with Gasteiger partial charge in [-0.05, 0) is 54.6 Å². The minimum atomic E-state index is -0.299. The zero-order valence-electron chi connectivity index (χ0n) is 14.7. The molecule has 0 aliphatic carbocycles. The van der Waals surface area contributed by atoms with Gasteiger partial charge < -0.3 is 9.64 Å². The Kier molecular flexibility index (Phi) is 4.90. The van der Waals surface area contributed by atoms with Crippen molar-refractivity contribution in [3.8, 4) is 11.6 Å². The average Bonchev–Trinajstić information content (AvgIpc) is 3.07. The van der Waals surface area contributed by atoms with Gasteiger partial charge in [0.05, 0.1) is 0 Å². The molecule has 2 heterocycles. The molecule has 0 aliphatic heterocycles. The molecule has 0 spiro atoms. The van der Waals surface area contributed by atoms with Gasteiger partial charge in [0.15, 0.2) is 5.69 Å². The molecule has 0 unspecified atom stereocenters. The molecule has 0 atom stereocenters. The second-order valence-electron chi connectivity index (χ2n) is 5.95. The Morgan fingerprint density at radius 2 is 1.68 bits per heavy atom. The molecular weight excluding hydrogens is 399 g/mol. The lowest BCUT2D eigenvalue weighted by atomic mass is 10.2. The Balaban J connectivity index is 1.76. The van der Waals surface area contributed by atoms with Crippen LogP contribution in [0.5, 0.6) is 11.6 Å². The topological polar surface area (TPSA) is 59.7 Å². The summed E-state index contributed by atoms with van der Waals surface area (Å²) >= 11 is 11.9. The summed E-state index contributed by atoms with van der Waals surface area (Å²) < 4.78 is 7.47. The van der Waals surface area contributed by atoms with Gasteiger partial charge >= 0.3 is 0 Å². The average molecular weight is 413 g/mol. The molecule has 8 heteroatoms. The lowest BCUT2D eigenvalue weighted by Gasteiger charge is -2.17. The van der Waals surface area contributed by atoms with Crippen LogP contribution in [-0.4, -0.2) is 27.3 Å². The van der Waals surface area contributed by atoms with Crippen molar-refractivity contribution in [3.63, 3.8) is 0 Å². The van der Waals surface area contributed by atoms with Gasteiger partial charge in [0.1, 0.15) is 5.75 Å². The van der Waals surface area contributed by atoms with Crippen LogP contribution in [0.3, 0.4) is 0 Å². The molecule has 4 rings (SSSR count). The Labute approximate surface area is 170 Å². The number of ether oxygens (including phenoxy) is 1. The van der Waals surface area contributed by atoms with E-state index < -0.39 is 0 Å². The first-order valence-corrected chi connectivity index (χ1v) is 9.08. The number of hydrogen-bond acceptors (Lipinski definition) is 4. The first-order chi connectivity index (χ1) is 13.5. The van der Waals surface area contributed by atoms with E-state index in [1.807, 2.05) is 0 Å². The number of nitrogens with zero attached hydrogens (tertiary/aromatic N) is 4. The van der Waals surface area contributed by atoms with Crippen LogP contribution in [0.1, 0.15) is 10.5 Å². The third-order valence-corrected chi connectivity index (χ3v) is 4.62. The summed E-state index contributed by atoms with van der Waals surface area (Å²) in [6.07, 6.45) is 3.32. The molecule has 0 saturated carbocycles. The number of hydrogen-bond donors (Lipinski definition) is 0. The number of imidazole rings is 1. The molecule has 28 heavy (non-hydrogen) atoms. The lowest BCUT2D eigenvalue weighted by Crippen LogP contribution is -2.27. The smallest absolute Gasteiger partial charge is 0.280 e. The maximum absolute atomic E-state index is 13.3. The van der Waals surface area contributed by atoms with Crippen LogP contribution in [0, 0.1) is 0 Å². The summed E-state index contributed by atoms with van der Waals surface area (Å²) in [5, 5.41) is 1.18. The van der Waals surface area contributed by atoms with E-state index in [1.165, 1.54) is 4.90 Å². The van der Waals surface area contributed by atoms with Crippen molar-refractivity contribution in [2.24, 2.45) is 0 Å². The van der Waals surface area contributed by atoms with Crippen molar-refractivity contribution in [3.05, 3.63) is 82.7 Å². The maximum Gasteiger partial charge on any atom is 0.280 e. The fourth-order valence-electron chi connectivity index (χ4n) is 2.69. The maximum atomic E-state index is 13.3. The number of halogens is 2. The summed E-state index contributed by atoms with van der Waals surface area (Å²) in [7, 11) is 1.67. The number of benzene rings is 2. The Bertz CT molecular complexity index is 1140. The number of rotatable bonds is 4. The quantitative estimate of drug-likeness (QED) is 0.467.